The topological polar surface area (TPSA) is 12.0 Å². The van der Waals surface area contributed by atoms with Crippen molar-refractivity contribution in [1.29, 1.82) is 0 Å². The molecule has 0 aliphatic heterocycles. The molecular weight excluding hydrogens is 286 g/mol. The Labute approximate surface area is 133 Å². The molecule has 0 saturated heterocycles. The lowest BCUT2D eigenvalue weighted by Crippen LogP contribution is -2.27. The maximum atomic E-state index is 6.08. The molecule has 20 heavy (non-hydrogen) atoms. The third kappa shape index (κ3) is 8.18. The van der Waals surface area contributed by atoms with E-state index in [1.165, 1.54) is 24.2 Å². The summed E-state index contributed by atoms with van der Waals surface area (Å²) in [5.74, 6) is 2.68. The van der Waals surface area contributed by atoms with Gasteiger partial charge >= 0.3 is 0 Å². The Bertz CT molecular complexity index is 368. The van der Waals surface area contributed by atoms with Crippen LogP contribution in [0.25, 0.3) is 0 Å². The number of rotatable bonds is 10. The minimum Gasteiger partial charge on any atom is -0.316 e. The number of halogens is 1. The van der Waals surface area contributed by atoms with E-state index in [0.29, 0.717) is 11.8 Å². The van der Waals surface area contributed by atoms with Gasteiger partial charge < -0.3 is 5.32 Å². The van der Waals surface area contributed by atoms with E-state index >= 15 is 0 Å². The summed E-state index contributed by atoms with van der Waals surface area (Å²) in [6.07, 6.45) is 5.90. The molecule has 1 aromatic rings. The van der Waals surface area contributed by atoms with Crippen molar-refractivity contribution in [3.05, 3.63) is 34.9 Å². The van der Waals surface area contributed by atoms with E-state index in [9.17, 15) is 0 Å². The predicted octanol–water partition coefficient (Wildman–Crippen LogP) is 4.89. The van der Waals surface area contributed by atoms with E-state index in [0.717, 1.165) is 24.5 Å². The summed E-state index contributed by atoms with van der Waals surface area (Å²) in [5, 5.41) is 4.45. The van der Waals surface area contributed by atoms with Crippen LogP contribution in [-0.2, 0) is 6.42 Å². The van der Waals surface area contributed by atoms with Crippen LogP contribution in [0.15, 0.2) is 24.3 Å². The van der Waals surface area contributed by atoms with Gasteiger partial charge in [-0.05, 0) is 73.9 Å². The van der Waals surface area contributed by atoms with Crippen molar-refractivity contribution < 1.29 is 0 Å². The summed E-state index contributed by atoms with van der Waals surface area (Å²) >= 11 is 8.02. The Balaban J connectivity index is 2.47. The molecule has 0 saturated carbocycles. The molecule has 1 unspecified atom stereocenters. The average molecular weight is 314 g/mol. The fraction of sp³-hybridized carbons (Fsp3) is 0.647. The van der Waals surface area contributed by atoms with Crippen LogP contribution in [0.2, 0.25) is 5.02 Å². The maximum Gasteiger partial charge on any atom is 0.0408 e. The first-order valence-electron chi connectivity index (χ1n) is 7.56. The Morgan fingerprint density at radius 3 is 2.70 bits per heavy atom. The van der Waals surface area contributed by atoms with Crippen LogP contribution >= 0.6 is 23.4 Å². The van der Waals surface area contributed by atoms with Crippen molar-refractivity contribution in [3.8, 4) is 0 Å². The van der Waals surface area contributed by atoms with Gasteiger partial charge in [0.25, 0.3) is 0 Å². The van der Waals surface area contributed by atoms with Crippen molar-refractivity contribution in [2.75, 3.05) is 25.1 Å². The van der Waals surface area contributed by atoms with E-state index in [1.54, 1.807) is 0 Å². The molecule has 0 spiro atoms. The quantitative estimate of drug-likeness (QED) is 0.617. The standard InChI is InChI=1S/C17H28ClNS/c1-14(2)12-19-13-16(7-5-9-20-3)10-15-6-4-8-17(18)11-15/h4,6,8,11,14,16,19H,5,7,9-10,12-13H2,1-3H3. The lowest BCUT2D eigenvalue weighted by atomic mass is 9.95. The zero-order valence-corrected chi connectivity index (χ0v) is 14.6. The second-order valence-electron chi connectivity index (χ2n) is 5.89. The summed E-state index contributed by atoms with van der Waals surface area (Å²) in [5.41, 5.74) is 1.36. The van der Waals surface area contributed by atoms with Crippen LogP contribution in [-0.4, -0.2) is 25.1 Å². The summed E-state index contributed by atoms with van der Waals surface area (Å²) in [7, 11) is 0. The molecule has 0 aromatic heterocycles. The first kappa shape index (κ1) is 17.9. The zero-order chi connectivity index (χ0) is 14.8. The smallest absolute Gasteiger partial charge is 0.0408 e. The SMILES string of the molecule is CSCCCC(CNCC(C)C)Cc1cccc(Cl)c1. The molecule has 1 aromatic carbocycles. The minimum atomic E-state index is 0.708. The number of hydrogen-bond acceptors (Lipinski definition) is 2. The second kappa shape index (κ2) is 10.5. The molecule has 0 bridgehead atoms. The third-order valence-electron chi connectivity index (χ3n) is 3.36. The van der Waals surface area contributed by atoms with E-state index in [2.05, 4.69) is 43.6 Å². The van der Waals surface area contributed by atoms with E-state index in [1.807, 2.05) is 17.8 Å². The highest BCUT2D eigenvalue weighted by atomic mass is 35.5. The van der Waals surface area contributed by atoms with Gasteiger partial charge in [0, 0.05) is 5.02 Å². The predicted molar refractivity (Wildman–Crippen MR) is 94.0 cm³/mol. The highest BCUT2D eigenvalue weighted by Crippen LogP contribution is 2.18. The van der Waals surface area contributed by atoms with Crippen LogP contribution in [0.4, 0.5) is 0 Å². The summed E-state index contributed by atoms with van der Waals surface area (Å²) in [6.45, 7) is 6.73. The van der Waals surface area contributed by atoms with Gasteiger partial charge in [-0.2, -0.15) is 11.8 Å². The molecule has 0 heterocycles. The van der Waals surface area contributed by atoms with Gasteiger partial charge in [0.05, 0.1) is 0 Å². The summed E-state index contributed by atoms with van der Waals surface area (Å²) in [6, 6.07) is 8.30. The van der Waals surface area contributed by atoms with Gasteiger partial charge in [-0.15, -0.1) is 0 Å². The van der Waals surface area contributed by atoms with Crippen LogP contribution in [0.3, 0.4) is 0 Å². The minimum absolute atomic E-state index is 0.708. The molecule has 0 fully saturated rings. The third-order valence-corrected chi connectivity index (χ3v) is 4.29. The summed E-state index contributed by atoms with van der Waals surface area (Å²) < 4.78 is 0. The van der Waals surface area contributed by atoms with Crippen LogP contribution < -0.4 is 5.32 Å². The second-order valence-corrected chi connectivity index (χ2v) is 7.31. The first-order valence-corrected chi connectivity index (χ1v) is 9.33. The van der Waals surface area contributed by atoms with Crippen LogP contribution in [0.1, 0.15) is 32.3 Å². The van der Waals surface area contributed by atoms with Crippen LogP contribution in [0, 0.1) is 11.8 Å². The molecule has 3 heteroatoms. The molecule has 114 valence electrons. The highest BCUT2D eigenvalue weighted by Gasteiger charge is 2.10. The van der Waals surface area contributed by atoms with Crippen molar-refractivity contribution >= 4 is 23.4 Å². The zero-order valence-electron chi connectivity index (χ0n) is 13.0. The van der Waals surface area contributed by atoms with Gasteiger partial charge in [-0.1, -0.05) is 37.6 Å². The molecule has 0 aliphatic carbocycles. The Hall–Kier alpha value is -0.180. The van der Waals surface area contributed by atoms with E-state index < -0.39 is 0 Å². The van der Waals surface area contributed by atoms with Crippen molar-refractivity contribution in [3.63, 3.8) is 0 Å². The van der Waals surface area contributed by atoms with Crippen LogP contribution in [0.5, 0.6) is 0 Å². The number of benzene rings is 1. The van der Waals surface area contributed by atoms with Crippen molar-refractivity contribution in [2.24, 2.45) is 11.8 Å². The lowest BCUT2D eigenvalue weighted by Gasteiger charge is -2.19. The van der Waals surface area contributed by atoms with Gasteiger partial charge in [0.15, 0.2) is 0 Å². The largest absolute Gasteiger partial charge is 0.316 e. The fourth-order valence-corrected chi connectivity index (χ4v) is 3.03. The number of thioether (sulfide) groups is 1. The molecule has 1 nitrogen and oxygen atoms in total. The normalized spacial score (nSPS) is 12.8. The van der Waals surface area contributed by atoms with E-state index in [-0.39, 0.29) is 0 Å². The van der Waals surface area contributed by atoms with E-state index in [4.69, 9.17) is 11.6 Å². The molecule has 1 N–H and O–H groups in total. The van der Waals surface area contributed by atoms with Gasteiger partial charge in [0.2, 0.25) is 0 Å². The van der Waals surface area contributed by atoms with Gasteiger partial charge in [-0.3, -0.25) is 0 Å². The molecule has 0 aliphatic rings. The number of nitrogens with one attached hydrogen (secondary N) is 1. The summed E-state index contributed by atoms with van der Waals surface area (Å²) in [4.78, 5) is 0. The first-order chi connectivity index (χ1) is 9.61. The van der Waals surface area contributed by atoms with Crippen molar-refractivity contribution in [2.45, 2.75) is 33.1 Å². The highest BCUT2D eigenvalue weighted by molar-refractivity contribution is 7.98. The van der Waals surface area contributed by atoms with Gasteiger partial charge in [-0.25, -0.2) is 0 Å². The molecule has 1 rings (SSSR count). The monoisotopic (exact) mass is 313 g/mol. The average Bonchev–Trinajstić information content (AvgIpc) is 2.38. The fourth-order valence-electron chi connectivity index (χ4n) is 2.37. The van der Waals surface area contributed by atoms with Crippen molar-refractivity contribution in [1.82, 2.24) is 5.32 Å². The van der Waals surface area contributed by atoms with Gasteiger partial charge in [0.1, 0.15) is 0 Å². The maximum absolute atomic E-state index is 6.08. The lowest BCUT2D eigenvalue weighted by molar-refractivity contribution is 0.422. The number of hydrogen-bond donors (Lipinski definition) is 1. The molecule has 1 atom stereocenters. The molecule has 0 amide bonds. The molecule has 0 radical (unpaired) electrons. The Kier molecular flexibility index (Phi) is 9.41. The molecular formula is C17H28ClNS. The Morgan fingerprint density at radius 2 is 2.05 bits per heavy atom. The Morgan fingerprint density at radius 1 is 1.25 bits per heavy atom.